The third-order valence-electron chi connectivity index (χ3n) is 1.93. The molecule has 0 aliphatic heterocycles. The highest BCUT2D eigenvalue weighted by Gasteiger charge is 2.07. The zero-order valence-corrected chi connectivity index (χ0v) is 8.92. The van der Waals surface area contributed by atoms with Crippen molar-refractivity contribution in [1.82, 2.24) is 0 Å². The molecule has 15 heavy (non-hydrogen) atoms. The van der Waals surface area contributed by atoms with Crippen molar-refractivity contribution in [2.75, 3.05) is 5.32 Å². The van der Waals surface area contributed by atoms with Gasteiger partial charge in [-0.25, -0.2) is 4.79 Å². The number of hydrogen-bond acceptors (Lipinski definition) is 3. The highest BCUT2D eigenvalue weighted by molar-refractivity contribution is 5.93. The summed E-state index contributed by atoms with van der Waals surface area (Å²) in [6, 6.07) is 3.64. The third-order valence-corrected chi connectivity index (χ3v) is 1.93. The van der Waals surface area contributed by atoms with E-state index in [1.807, 2.05) is 19.9 Å². The van der Waals surface area contributed by atoms with Gasteiger partial charge in [0.2, 0.25) is 12.0 Å². The molecule has 0 aliphatic rings. The van der Waals surface area contributed by atoms with Crippen molar-refractivity contribution in [3.05, 3.63) is 23.3 Å². The lowest BCUT2D eigenvalue weighted by atomic mass is 10.1. The van der Waals surface area contributed by atoms with Gasteiger partial charge in [0.1, 0.15) is 5.69 Å². The summed E-state index contributed by atoms with van der Waals surface area (Å²) in [7, 11) is 0. The van der Waals surface area contributed by atoms with Crippen LogP contribution >= 0.6 is 0 Å². The quantitative estimate of drug-likeness (QED) is 0.593. The molecule has 0 unspecified atom stereocenters. The fourth-order valence-electron chi connectivity index (χ4n) is 1.42. The molecule has 0 saturated carbocycles. The second-order valence-electron chi connectivity index (χ2n) is 3.36. The molecule has 1 aromatic carbocycles. The molecular formula is C11H12N2O2. The minimum Gasteiger partial charge on any atom is -0.324 e. The largest absolute Gasteiger partial charge is 0.324 e. The number of aryl methyl sites for hydroxylation is 2. The highest BCUT2D eigenvalue weighted by Crippen LogP contribution is 2.29. The molecule has 4 nitrogen and oxygen atoms in total. The minimum atomic E-state index is -0.190. The van der Waals surface area contributed by atoms with E-state index in [-0.39, 0.29) is 5.91 Å². The van der Waals surface area contributed by atoms with Gasteiger partial charge in [-0.1, -0.05) is 6.07 Å². The number of carbonyl (C=O) groups excluding carboxylic acids is 2. The number of nitrogens with one attached hydrogen (secondary N) is 1. The Morgan fingerprint density at radius 3 is 2.60 bits per heavy atom. The molecule has 1 N–H and O–H groups in total. The summed E-state index contributed by atoms with van der Waals surface area (Å²) in [6.07, 6.45) is 1.48. The van der Waals surface area contributed by atoms with Crippen LogP contribution in [0.25, 0.3) is 0 Å². The summed E-state index contributed by atoms with van der Waals surface area (Å²) in [5.74, 6) is -0.190. The van der Waals surface area contributed by atoms with Crippen LogP contribution in [-0.2, 0) is 9.59 Å². The third kappa shape index (κ3) is 2.76. The first-order chi connectivity index (χ1) is 7.04. The predicted octanol–water partition coefficient (Wildman–Crippen LogP) is 2.23. The van der Waals surface area contributed by atoms with Crippen LogP contribution in [0.3, 0.4) is 0 Å². The number of benzene rings is 1. The monoisotopic (exact) mass is 204 g/mol. The van der Waals surface area contributed by atoms with Gasteiger partial charge in [0.05, 0.1) is 5.69 Å². The van der Waals surface area contributed by atoms with Gasteiger partial charge in [-0.05, 0) is 31.0 Å². The Kier molecular flexibility index (Phi) is 3.37. The number of anilines is 1. The molecule has 1 rings (SSSR count). The van der Waals surface area contributed by atoms with Crippen molar-refractivity contribution in [2.24, 2.45) is 4.99 Å². The van der Waals surface area contributed by atoms with Crippen LogP contribution in [0.15, 0.2) is 17.1 Å². The van der Waals surface area contributed by atoms with Crippen LogP contribution in [0.4, 0.5) is 11.4 Å². The van der Waals surface area contributed by atoms with Gasteiger partial charge in [0.25, 0.3) is 0 Å². The predicted molar refractivity (Wildman–Crippen MR) is 58.0 cm³/mol. The van der Waals surface area contributed by atoms with E-state index >= 15 is 0 Å². The zero-order valence-electron chi connectivity index (χ0n) is 8.92. The summed E-state index contributed by atoms with van der Waals surface area (Å²) in [6.45, 7) is 5.16. The smallest absolute Gasteiger partial charge is 0.240 e. The van der Waals surface area contributed by atoms with Crippen LogP contribution in [0, 0.1) is 13.8 Å². The van der Waals surface area contributed by atoms with E-state index in [1.54, 1.807) is 6.07 Å². The van der Waals surface area contributed by atoms with Gasteiger partial charge in [-0.3, -0.25) is 4.79 Å². The Hall–Kier alpha value is -1.93. The summed E-state index contributed by atoms with van der Waals surface area (Å²) < 4.78 is 0. The second kappa shape index (κ2) is 4.53. The van der Waals surface area contributed by atoms with Crippen molar-refractivity contribution in [2.45, 2.75) is 20.8 Å². The lowest BCUT2D eigenvalue weighted by Crippen LogP contribution is -2.07. The Bertz CT molecular complexity index is 446. The van der Waals surface area contributed by atoms with E-state index in [9.17, 15) is 9.59 Å². The summed E-state index contributed by atoms with van der Waals surface area (Å²) in [5, 5.41) is 2.64. The maximum Gasteiger partial charge on any atom is 0.240 e. The molecule has 1 amide bonds. The first-order valence-electron chi connectivity index (χ1n) is 4.51. The molecule has 78 valence electrons. The number of isocyanates is 1. The van der Waals surface area contributed by atoms with Crippen molar-refractivity contribution in [1.29, 1.82) is 0 Å². The Labute approximate surface area is 88.0 Å². The molecule has 0 heterocycles. The molecule has 0 aliphatic carbocycles. The van der Waals surface area contributed by atoms with Crippen molar-refractivity contribution in [3.8, 4) is 0 Å². The fraction of sp³-hybridized carbons (Fsp3) is 0.273. The van der Waals surface area contributed by atoms with E-state index in [0.717, 1.165) is 11.1 Å². The lowest BCUT2D eigenvalue weighted by Gasteiger charge is -2.09. The fourth-order valence-corrected chi connectivity index (χ4v) is 1.42. The van der Waals surface area contributed by atoms with Gasteiger partial charge < -0.3 is 5.32 Å². The summed E-state index contributed by atoms with van der Waals surface area (Å²) >= 11 is 0. The van der Waals surface area contributed by atoms with Gasteiger partial charge >= 0.3 is 0 Å². The van der Waals surface area contributed by atoms with E-state index < -0.39 is 0 Å². The Morgan fingerprint density at radius 1 is 1.40 bits per heavy atom. The highest BCUT2D eigenvalue weighted by atomic mass is 16.1. The van der Waals surface area contributed by atoms with E-state index in [1.165, 1.54) is 13.0 Å². The van der Waals surface area contributed by atoms with Gasteiger partial charge in [-0.15, -0.1) is 0 Å². The number of aliphatic imine (C=N–C) groups is 1. The first-order valence-corrected chi connectivity index (χ1v) is 4.51. The van der Waals surface area contributed by atoms with Crippen LogP contribution in [0.5, 0.6) is 0 Å². The SMILES string of the molecule is CC(=O)Nc1c(C)cc(C)cc1N=C=O. The van der Waals surface area contributed by atoms with Crippen LogP contribution in [0.1, 0.15) is 18.1 Å². The molecule has 0 bridgehead atoms. The topological polar surface area (TPSA) is 58.5 Å². The number of rotatable bonds is 2. The van der Waals surface area contributed by atoms with E-state index in [4.69, 9.17) is 0 Å². The average Bonchev–Trinajstić information content (AvgIpc) is 2.11. The second-order valence-corrected chi connectivity index (χ2v) is 3.36. The maximum absolute atomic E-state index is 11.0. The molecule has 0 spiro atoms. The van der Waals surface area contributed by atoms with E-state index in [0.29, 0.717) is 11.4 Å². The molecule has 0 saturated heterocycles. The molecule has 4 heteroatoms. The average molecular weight is 204 g/mol. The zero-order chi connectivity index (χ0) is 11.4. The standard InChI is InChI=1S/C11H12N2O2/c1-7-4-8(2)11(13-9(3)15)10(5-7)12-6-14/h4-5H,1-3H3,(H,13,15). The summed E-state index contributed by atoms with van der Waals surface area (Å²) in [5.41, 5.74) is 2.86. The number of hydrogen-bond donors (Lipinski definition) is 1. The van der Waals surface area contributed by atoms with Crippen molar-refractivity contribution < 1.29 is 9.59 Å². The van der Waals surface area contributed by atoms with Crippen molar-refractivity contribution in [3.63, 3.8) is 0 Å². The van der Waals surface area contributed by atoms with Crippen molar-refractivity contribution >= 4 is 23.4 Å². The van der Waals surface area contributed by atoms with Gasteiger partial charge in [0, 0.05) is 6.92 Å². The normalized spacial score (nSPS) is 9.27. The minimum absolute atomic E-state index is 0.190. The Morgan fingerprint density at radius 2 is 2.07 bits per heavy atom. The molecular weight excluding hydrogens is 192 g/mol. The lowest BCUT2D eigenvalue weighted by molar-refractivity contribution is -0.114. The van der Waals surface area contributed by atoms with Gasteiger partial charge in [0.15, 0.2) is 0 Å². The molecule has 0 atom stereocenters. The molecule has 1 aromatic rings. The van der Waals surface area contributed by atoms with E-state index in [2.05, 4.69) is 10.3 Å². The van der Waals surface area contributed by atoms with Gasteiger partial charge in [-0.2, -0.15) is 4.99 Å². The number of carbonyl (C=O) groups is 1. The summed E-state index contributed by atoms with van der Waals surface area (Å²) in [4.78, 5) is 24.7. The Balaban J connectivity index is 3.32. The first kappa shape index (κ1) is 11.1. The number of nitrogens with zero attached hydrogens (tertiary/aromatic N) is 1. The maximum atomic E-state index is 11.0. The molecule has 0 aromatic heterocycles. The molecule has 0 radical (unpaired) electrons. The van der Waals surface area contributed by atoms with Crippen LogP contribution < -0.4 is 5.32 Å². The van der Waals surface area contributed by atoms with Crippen LogP contribution in [0.2, 0.25) is 0 Å². The number of amides is 1. The molecule has 0 fully saturated rings. The van der Waals surface area contributed by atoms with Crippen LogP contribution in [-0.4, -0.2) is 12.0 Å².